The number of aromatic carboxylic acids is 1. The van der Waals surface area contributed by atoms with Crippen LogP contribution in [-0.4, -0.2) is 92.8 Å². The predicted molar refractivity (Wildman–Crippen MR) is 284 cm³/mol. The molecule has 0 saturated carbocycles. The van der Waals surface area contributed by atoms with Crippen molar-refractivity contribution in [3.63, 3.8) is 0 Å². The van der Waals surface area contributed by atoms with Crippen LogP contribution in [0.4, 0.5) is 0 Å². The zero-order valence-corrected chi connectivity index (χ0v) is 41.5. The number of carboxylic acid groups (broad SMARTS) is 1. The number of fused-ring (bicyclic) bond motifs is 2. The van der Waals surface area contributed by atoms with E-state index in [4.69, 9.17) is 23.7 Å². The highest BCUT2D eigenvalue weighted by molar-refractivity contribution is 5.99. The molecule has 0 radical (unpaired) electrons. The van der Waals surface area contributed by atoms with Crippen LogP contribution in [0.5, 0.6) is 0 Å². The minimum Gasteiger partial charge on any atom is -0.478 e. The maximum absolute atomic E-state index is 13.4. The van der Waals surface area contributed by atoms with E-state index in [9.17, 15) is 30.0 Å². The van der Waals surface area contributed by atoms with Gasteiger partial charge in [-0.05, 0) is 119 Å². The summed E-state index contributed by atoms with van der Waals surface area (Å²) in [6, 6.07) is 27.5. The lowest BCUT2D eigenvalue weighted by atomic mass is 9.91. The lowest BCUT2D eigenvalue weighted by Crippen LogP contribution is -2.34. The lowest BCUT2D eigenvalue weighted by molar-refractivity contribution is -0.152. The van der Waals surface area contributed by atoms with Crippen LogP contribution >= 0.6 is 0 Å². The van der Waals surface area contributed by atoms with Crippen molar-refractivity contribution >= 4 is 24.1 Å². The maximum atomic E-state index is 13.4. The van der Waals surface area contributed by atoms with Gasteiger partial charge in [0.2, 0.25) is 0 Å². The number of rotatable bonds is 10. The van der Waals surface area contributed by atoms with Crippen LogP contribution in [0.3, 0.4) is 0 Å². The fraction of sp³-hybridized carbons (Fsp3) is 0.433. The van der Waals surface area contributed by atoms with Crippen molar-refractivity contribution in [2.24, 2.45) is 11.8 Å². The second kappa shape index (κ2) is 25.2. The van der Waals surface area contributed by atoms with Crippen molar-refractivity contribution in [3.8, 4) is 22.3 Å². The molecule has 7 rings (SSSR count). The minimum atomic E-state index is -0.979. The maximum Gasteiger partial charge on any atom is 0.339 e. The molecule has 11 heteroatoms. The molecule has 4 N–H and O–H groups in total. The molecule has 0 spiro atoms. The Bertz CT molecular complexity index is 2500. The van der Waals surface area contributed by atoms with Gasteiger partial charge in [-0.1, -0.05) is 162 Å². The molecule has 71 heavy (non-hydrogen) atoms. The largest absolute Gasteiger partial charge is 0.478 e. The van der Waals surface area contributed by atoms with Crippen molar-refractivity contribution in [1.29, 1.82) is 0 Å². The quantitative estimate of drug-likeness (QED) is 0.0884. The summed E-state index contributed by atoms with van der Waals surface area (Å²) >= 11 is 0. The van der Waals surface area contributed by atoms with Crippen LogP contribution in [0, 0.1) is 25.7 Å². The number of hydrogen-bond acceptors (Lipinski definition) is 10. The topological polar surface area (TPSA) is 161 Å². The Hall–Kier alpha value is -5.50. The number of carbonyl (C=O) groups excluding carboxylic acids is 1. The van der Waals surface area contributed by atoms with Gasteiger partial charge in [-0.2, -0.15) is 0 Å². The van der Waals surface area contributed by atoms with Crippen LogP contribution in [-0.2, 0) is 23.7 Å². The second-order valence-electron chi connectivity index (χ2n) is 19.3. The SMILES string of the molecule is C.C.Cc1ccc(-c2ccccc2)c(/C=C/C[C@@H]2OC(C)(C)O[C@@H]2C(O)/C=C\[C@@H](C)[C@H](C)O)c1C(=O)O.Cc1ccc(-c2ccccc2)c2c1C(=O)O[C@@H](C)[C@H](C)/C=C\C(O)[C@H]1OC(C)(C)O[C@H]1CC=C2. The van der Waals surface area contributed by atoms with Crippen LogP contribution in [0.1, 0.15) is 126 Å². The molecule has 0 bridgehead atoms. The highest BCUT2D eigenvalue weighted by atomic mass is 16.8. The van der Waals surface area contributed by atoms with Gasteiger partial charge in [0.15, 0.2) is 11.6 Å². The average Bonchev–Trinajstić information content (AvgIpc) is 3.80. The van der Waals surface area contributed by atoms with Crippen molar-refractivity contribution in [3.05, 3.63) is 155 Å². The second-order valence-corrected chi connectivity index (χ2v) is 19.3. The zero-order chi connectivity index (χ0) is 50.2. The third-order valence-corrected chi connectivity index (χ3v) is 12.9. The highest BCUT2D eigenvalue weighted by Gasteiger charge is 2.45. The van der Waals surface area contributed by atoms with E-state index in [0.29, 0.717) is 29.5 Å². The van der Waals surface area contributed by atoms with Gasteiger partial charge in [-0.25, -0.2) is 9.59 Å². The summed E-state index contributed by atoms with van der Waals surface area (Å²) in [5, 5.41) is 41.2. The number of hydrogen-bond donors (Lipinski definition) is 4. The molecule has 0 aromatic heterocycles. The summed E-state index contributed by atoms with van der Waals surface area (Å²) in [7, 11) is 0. The third kappa shape index (κ3) is 14.8. The Morgan fingerprint density at radius 1 is 0.775 bits per heavy atom. The van der Waals surface area contributed by atoms with Gasteiger partial charge in [0.05, 0.1) is 29.4 Å². The number of aliphatic hydroxyl groups is 3. The van der Waals surface area contributed by atoms with E-state index in [1.807, 2.05) is 157 Å². The summed E-state index contributed by atoms with van der Waals surface area (Å²) in [6.45, 7) is 18.5. The Balaban J connectivity index is 0.000000300. The standard InChI is InChI=1S/C29H36O6.C29H34O5.2CH4/c1-18(20(3)30)15-17-24(31)27-25(34-29(4,5)35-27)13-9-12-23-22(21-10-7-6-8-11-21)16-14-19(2)26(23)28(32)33;1-18-15-17-24(30)27-25(33-29(4,5)34-27)13-9-12-23-22(21-10-7-6-8-11-21)16-14-19(2)26(23)28(31)32-20(18)3;;/h6-12,14-18,20,24-25,27,30-31H,13H2,1-5H3,(H,32,33);6-12,14-18,20,24-25,27,30H,13H2,1-5H3;2*1H4/b12-9+,17-15-;12-9?,17-15-;;/t2*18-,20+,24?,25+,27-;;/m11../s1. The van der Waals surface area contributed by atoms with Gasteiger partial charge in [-0.3, -0.25) is 0 Å². The molecule has 4 aromatic carbocycles. The van der Waals surface area contributed by atoms with Gasteiger partial charge in [0.25, 0.3) is 0 Å². The lowest BCUT2D eigenvalue weighted by Gasteiger charge is -2.23. The van der Waals surface area contributed by atoms with Gasteiger partial charge in [0, 0.05) is 5.92 Å². The molecule has 2 fully saturated rings. The van der Waals surface area contributed by atoms with Crippen LogP contribution in [0.25, 0.3) is 34.4 Å². The molecule has 11 nitrogen and oxygen atoms in total. The van der Waals surface area contributed by atoms with Crippen molar-refractivity contribution < 1.29 is 53.7 Å². The number of carboxylic acids is 1. The van der Waals surface area contributed by atoms with Crippen LogP contribution < -0.4 is 0 Å². The Labute approximate surface area is 422 Å². The number of carbonyl (C=O) groups is 2. The number of benzene rings is 4. The molecule has 384 valence electrons. The first-order chi connectivity index (χ1) is 32.7. The number of cyclic esters (lactones) is 1. The van der Waals surface area contributed by atoms with E-state index in [-0.39, 0.29) is 50.4 Å². The van der Waals surface area contributed by atoms with Gasteiger partial charge < -0.3 is 44.1 Å². The first-order valence-corrected chi connectivity index (χ1v) is 23.9. The average molecular weight is 975 g/mol. The molecule has 0 amide bonds. The van der Waals surface area contributed by atoms with E-state index >= 15 is 0 Å². The van der Waals surface area contributed by atoms with Gasteiger partial charge >= 0.3 is 11.9 Å². The Kier molecular flexibility index (Phi) is 20.6. The predicted octanol–water partition coefficient (Wildman–Crippen LogP) is 12.2. The smallest absolute Gasteiger partial charge is 0.339 e. The van der Waals surface area contributed by atoms with Crippen molar-refractivity contribution in [2.45, 2.75) is 157 Å². The van der Waals surface area contributed by atoms with E-state index in [1.54, 1.807) is 45.9 Å². The van der Waals surface area contributed by atoms with Crippen molar-refractivity contribution in [2.75, 3.05) is 0 Å². The number of aryl methyl sites for hydroxylation is 2. The molecule has 2 unspecified atom stereocenters. The molecule has 3 heterocycles. The van der Waals surface area contributed by atoms with Crippen LogP contribution in [0.2, 0.25) is 0 Å². The molecule has 10 atom stereocenters. The first kappa shape index (κ1) is 58.1. The molecular formula is C60H78O11. The zero-order valence-electron chi connectivity index (χ0n) is 41.5. The highest BCUT2D eigenvalue weighted by Crippen LogP contribution is 2.37. The Morgan fingerprint density at radius 2 is 1.37 bits per heavy atom. The van der Waals surface area contributed by atoms with Gasteiger partial charge in [-0.15, -0.1) is 0 Å². The number of esters is 1. The number of aliphatic hydroxyl groups excluding tert-OH is 3. The van der Waals surface area contributed by atoms with E-state index in [2.05, 4.69) is 0 Å². The third-order valence-electron chi connectivity index (χ3n) is 12.9. The normalized spacial score (nSPS) is 25.5. The molecule has 3 aliphatic heterocycles. The molecule has 4 aromatic rings. The van der Waals surface area contributed by atoms with Crippen molar-refractivity contribution in [1.82, 2.24) is 0 Å². The van der Waals surface area contributed by atoms with E-state index in [1.165, 1.54) is 0 Å². The summed E-state index contributed by atoms with van der Waals surface area (Å²) in [6.07, 6.45) is 11.2. The first-order valence-electron chi connectivity index (χ1n) is 23.9. The summed E-state index contributed by atoms with van der Waals surface area (Å²) in [4.78, 5) is 25.5. The molecular weight excluding hydrogens is 897 g/mol. The molecule has 3 aliphatic rings. The monoisotopic (exact) mass is 975 g/mol. The summed E-state index contributed by atoms with van der Waals surface area (Å²) in [5.41, 5.74) is 7.58. The summed E-state index contributed by atoms with van der Waals surface area (Å²) < 4.78 is 30.1. The molecule has 0 aliphatic carbocycles. The summed E-state index contributed by atoms with van der Waals surface area (Å²) in [5.74, 6) is -3.17. The minimum absolute atomic E-state index is 0. The molecule has 2 saturated heterocycles. The number of ether oxygens (including phenoxy) is 5. The van der Waals surface area contributed by atoms with Crippen LogP contribution in [0.15, 0.2) is 121 Å². The van der Waals surface area contributed by atoms with E-state index in [0.717, 1.165) is 33.4 Å². The fourth-order valence-electron chi connectivity index (χ4n) is 8.86. The Morgan fingerprint density at radius 3 is 1.99 bits per heavy atom. The fourth-order valence-corrected chi connectivity index (χ4v) is 8.86. The van der Waals surface area contributed by atoms with Gasteiger partial charge in [0.1, 0.15) is 30.5 Å². The van der Waals surface area contributed by atoms with E-state index < -0.39 is 54.2 Å².